The number of aryl methyl sites for hydroxylation is 2. The second-order valence-electron chi connectivity index (χ2n) is 4.57. The van der Waals surface area contributed by atoms with Crippen LogP contribution in [0, 0.1) is 17.4 Å². The van der Waals surface area contributed by atoms with Gasteiger partial charge in [-0.05, 0) is 65.8 Å². The highest BCUT2D eigenvalue weighted by atomic mass is 127. The highest BCUT2D eigenvalue weighted by Gasteiger charge is 2.06. The van der Waals surface area contributed by atoms with Crippen molar-refractivity contribution in [3.05, 3.63) is 57.2 Å². The van der Waals surface area contributed by atoms with Gasteiger partial charge in [0.25, 0.3) is 0 Å². The van der Waals surface area contributed by atoms with Crippen LogP contribution in [0.2, 0.25) is 0 Å². The molecule has 0 saturated carbocycles. The van der Waals surface area contributed by atoms with E-state index in [2.05, 4.69) is 47.8 Å². The monoisotopic (exact) mass is 397 g/mol. The van der Waals surface area contributed by atoms with Crippen LogP contribution in [-0.2, 0) is 4.79 Å². The van der Waals surface area contributed by atoms with Crippen molar-refractivity contribution < 1.29 is 4.79 Å². The first kappa shape index (κ1) is 15.4. The molecular weight excluding hydrogens is 381 g/mol. The molecule has 2 rings (SSSR count). The van der Waals surface area contributed by atoms with Crippen molar-refractivity contribution in [2.24, 2.45) is 0 Å². The van der Waals surface area contributed by atoms with Crippen molar-refractivity contribution in [1.29, 1.82) is 0 Å². The Labute approximate surface area is 137 Å². The van der Waals surface area contributed by atoms with Gasteiger partial charge in [0.2, 0.25) is 5.91 Å². The molecular formula is C16H16INOS. The third kappa shape index (κ3) is 4.24. The Hall–Kier alpha value is -1.01. The minimum Gasteiger partial charge on any atom is -0.325 e. The molecule has 0 unspecified atom stereocenters. The summed E-state index contributed by atoms with van der Waals surface area (Å²) in [5.74, 6) is 0.452. The summed E-state index contributed by atoms with van der Waals surface area (Å²) in [6.07, 6.45) is 0. The molecule has 20 heavy (non-hydrogen) atoms. The summed E-state index contributed by atoms with van der Waals surface area (Å²) in [6, 6.07) is 14.1. The molecule has 0 aliphatic rings. The van der Waals surface area contributed by atoms with E-state index >= 15 is 0 Å². The first-order valence-electron chi connectivity index (χ1n) is 6.30. The van der Waals surface area contributed by atoms with Crippen LogP contribution in [0.15, 0.2) is 47.4 Å². The standard InChI is InChI=1S/C16H16INOS/c1-11-7-8-13(9-14(11)17)18-16(19)10-20-15-6-4-3-5-12(15)2/h3-9H,10H2,1-2H3,(H,18,19). The Balaban J connectivity index is 1.93. The van der Waals surface area contributed by atoms with Crippen LogP contribution in [0.25, 0.3) is 0 Å². The molecule has 0 atom stereocenters. The molecule has 1 amide bonds. The number of rotatable bonds is 4. The highest BCUT2D eigenvalue weighted by Crippen LogP contribution is 2.22. The van der Waals surface area contributed by atoms with Crippen molar-refractivity contribution in [3.8, 4) is 0 Å². The third-order valence-corrected chi connectivity index (χ3v) is 5.25. The minimum absolute atomic E-state index is 0.0258. The van der Waals surface area contributed by atoms with Crippen LogP contribution < -0.4 is 5.32 Å². The maximum atomic E-state index is 12.0. The van der Waals surface area contributed by atoms with E-state index in [4.69, 9.17) is 0 Å². The molecule has 2 nitrogen and oxygen atoms in total. The van der Waals surface area contributed by atoms with Crippen molar-refractivity contribution >= 4 is 45.9 Å². The smallest absolute Gasteiger partial charge is 0.234 e. The third-order valence-electron chi connectivity index (χ3n) is 2.91. The Morgan fingerprint density at radius 2 is 1.90 bits per heavy atom. The number of anilines is 1. The summed E-state index contributed by atoms with van der Waals surface area (Å²) >= 11 is 3.84. The zero-order valence-corrected chi connectivity index (χ0v) is 14.4. The molecule has 4 heteroatoms. The molecule has 0 radical (unpaired) electrons. The first-order valence-corrected chi connectivity index (χ1v) is 8.37. The fourth-order valence-electron chi connectivity index (χ4n) is 1.73. The van der Waals surface area contributed by atoms with Gasteiger partial charge in [-0.1, -0.05) is 24.3 Å². The number of amides is 1. The molecule has 0 aromatic heterocycles. The fraction of sp³-hybridized carbons (Fsp3) is 0.188. The van der Waals surface area contributed by atoms with Crippen LogP contribution in [0.5, 0.6) is 0 Å². The number of carbonyl (C=O) groups excluding carboxylic acids is 1. The lowest BCUT2D eigenvalue weighted by Crippen LogP contribution is -2.14. The van der Waals surface area contributed by atoms with E-state index in [0.29, 0.717) is 5.75 Å². The van der Waals surface area contributed by atoms with Crippen molar-refractivity contribution in [2.75, 3.05) is 11.1 Å². The average Bonchev–Trinajstić information content (AvgIpc) is 2.42. The number of hydrogen-bond donors (Lipinski definition) is 1. The second kappa shape index (κ2) is 7.13. The molecule has 0 spiro atoms. The normalized spacial score (nSPS) is 10.3. The molecule has 104 valence electrons. The second-order valence-corrected chi connectivity index (χ2v) is 6.75. The Morgan fingerprint density at radius 3 is 2.60 bits per heavy atom. The molecule has 2 aromatic rings. The summed E-state index contributed by atoms with van der Waals surface area (Å²) in [7, 11) is 0. The number of carbonyl (C=O) groups is 1. The van der Waals surface area contributed by atoms with E-state index in [-0.39, 0.29) is 5.91 Å². The van der Waals surface area contributed by atoms with E-state index in [1.54, 1.807) is 11.8 Å². The SMILES string of the molecule is Cc1ccc(NC(=O)CSc2ccccc2C)cc1I. The summed E-state index contributed by atoms with van der Waals surface area (Å²) in [6.45, 7) is 4.12. The minimum atomic E-state index is 0.0258. The van der Waals surface area contributed by atoms with Crippen LogP contribution in [0.3, 0.4) is 0 Å². The van der Waals surface area contributed by atoms with Crippen LogP contribution in [-0.4, -0.2) is 11.7 Å². The maximum absolute atomic E-state index is 12.0. The summed E-state index contributed by atoms with van der Waals surface area (Å²) in [5, 5.41) is 2.94. The van der Waals surface area contributed by atoms with Crippen LogP contribution in [0.1, 0.15) is 11.1 Å². The molecule has 1 N–H and O–H groups in total. The Bertz CT molecular complexity index is 628. The first-order chi connectivity index (χ1) is 9.56. The molecule has 0 heterocycles. The van der Waals surface area contributed by atoms with Gasteiger partial charge in [-0.15, -0.1) is 11.8 Å². The number of nitrogens with one attached hydrogen (secondary N) is 1. The van der Waals surface area contributed by atoms with Crippen molar-refractivity contribution in [2.45, 2.75) is 18.7 Å². The van der Waals surface area contributed by atoms with Gasteiger partial charge in [-0.25, -0.2) is 0 Å². The highest BCUT2D eigenvalue weighted by molar-refractivity contribution is 14.1. The topological polar surface area (TPSA) is 29.1 Å². The zero-order valence-electron chi connectivity index (χ0n) is 11.4. The largest absolute Gasteiger partial charge is 0.325 e. The summed E-state index contributed by atoms with van der Waals surface area (Å²) in [4.78, 5) is 13.1. The van der Waals surface area contributed by atoms with Crippen molar-refractivity contribution in [3.63, 3.8) is 0 Å². The average molecular weight is 397 g/mol. The molecule has 0 bridgehead atoms. The molecule has 0 aliphatic heterocycles. The Morgan fingerprint density at radius 1 is 1.15 bits per heavy atom. The molecule has 0 fully saturated rings. The fourth-order valence-corrected chi connectivity index (χ4v) is 3.07. The number of thioether (sulfide) groups is 1. The number of halogens is 1. The summed E-state index contributed by atoms with van der Waals surface area (Å²) < 4.78 is 1.16. The van der Waals surface area contributed by atoms with Gasteiger partial charge < -0.3 is 5.32 Å². The quantitative estimate of drug-likeness (QED) is 0.602. The van der Waals surface area contributed by atoms with Crippen LogP contribution >= 0.6 is 34.4 Å². The predicted octanol–water partition coefficient (Wildman–Crippen LogP) is 4.64. The van der Waals surface area contributed by atoms with Gasteiger partial charge in [0.05, 0.1) is 5.75 Å². The van der Waals surface area contributed by atoms with Crippen molar-refractivity contribution in [1.82, 2.24) is 0 Å². The van der Waals surface area contributed by atoms with Gasteiger partial charge in [0.1, 0.15) is 0 Å². The van der Waals surface area contributed by atoms with Gasteiger partial charge in [0, 0.05) is 14.2 Å². The van der Waals surface area contributed by atoms with Gasteiger partial charge in [0.15, 0.2) is 0 Å². The zero-order chi connectivity index (χ0) is 14.5. The summed E-state index contributed by atoms with van der Waals surface area (Å²) in [5.41, 5.74) is 3.28. The lowest BCUT2D eigenvalue weighted by Gasteiger charge is -2.08. The maximum Gasteiger partial charge on any atom is 0.234 e. The predicted molar refractivity (Wildman–Crippen MR) is 94.4 cm³/mol. The van der Waals surface area contributed by atoms with E-state index in [9.17, 15) is 4.79 Å². The van der Waals surface area contributed by atoms with Crippen LogP contribution in [0.4, 0.5) is 5.69 Å². The van der Waals surface area contributed by atoms with Gasteiger partial charge in [-0.3, -0.25) is 4.79 Å². The lowest BCUT2D eigenvalue weighted by atomic mass is 10.2. The molecule has 2 aromatic carbocycles. The van der Waals surface area contributed by atoms with Gasteiger partial charge in [-0.2, -0.15) is 0 Å². The van der Waals surface area contributed by atoms with E-state index in [1.165, 1.54) is 11.1 Å². The number of benzene rings is 2. The lowest BCUT2D eigenvalue weighted by molar-refractivity contribution is -0.113. The number of hydrogen-bond acceptors (Lipinski definition) is 2. The van der Waals surface area contributed by atoms with E-state index in [0.717, 1.165) is 14.2 Å². The molecule has 0 saturated heterocycles. The molecule has 0 aliphatic carbocycles. The van der Waals surface area contributed by atoms with E-state index in [1.807, 2.05) is 36.4 Å². The van der Waals surface area contributed by atoms with Gasteiger partial charge >= 0.3 is 0 Å². The van der Waals surface area contributed by atoms with E-state index < -0.39 is 0 Å². The Kier molecular flexibility index (Phi) is 5.48.